The molecular formula is C19H23FN4O. The van der Waals surface area contributed by atoms with Crippen LogP contribution in [0.25, 0.3) is 11.5 Å². The SMILES string of the molecule is C/C=C(\C)C1NNc2ccc(-c3nnc(C)o3)cc21.C=C(F)/C=C\C. The van der Waals surface area contributed by atoms with Gasteiger partial charge in [-0.3, -0.25) is 0 Å². The number of hydrogen-bond acceptors (Lipinski definition) is 5. The van der Waals surface area contributed by atoms with Gasteiger partial charge in [0.25, 0.3) is 0 Å². The molecule has 25 heavy (non-hydrogen) atoms. The maximum Gasteiger partial charge on any atom is 0.247 e. The minimum absolute atomic E-state index is 0.184. The lowest BCUT2D eigenvalue weighted by atomic mass is 9.98. The quantitative estimate of drug-likeness (QED) is 0.605. The van der Waals surface area contributed by atoms with Crippen molar-refractivity contribution in [1.82, 2.24) is 15.6 Å². The predicted octanol–water partition coefficient (Wildman–Crippen LogP) is 5.03. The van der Waals surface area contributed by atoms with Crippen molar-refractivity contribution in [3.8, 4) is 11.5 Å². The summed E-state index contributed by atoms with van der Waals surface area (Å²) >= 11 is 0. The second-order valence-corrected chi connectivity index (χ2v) is 5.61. The van der Waals surface area contributed by atoms with Crippen molar-refractivity contribution in [2.75, 3.05) is 5.43 Å². The van der Waals surface area contributed by atoms with E-state index in [2.05, 4.69) is 46.7 Å². The van der Waals surface area contributed by atoms with Gasteiger partial charge in [-0.1, -0.05) is 24.3 Å². The molecule has 0 saturated heterocycles. The lowest BCUT2D eigenvalue weighted by molar-refractivity contribution is 0.532. The number of benzene rings is 1. The van der Waals surface area contributed by atoms with Crippen molar-refractivity contribution in [1.29, 1.82) is 0 Å². The molecule has 0 radical (unpaired) electrons. The van der Waals surface area contributed by atoms with Crippen LogP contribution >= 0.6 is 0 Å². The Kier molecular flexibility index (Phi) is 6.25. The lowest BCUT2D eigenvalue weighted by Gasteiger charge is -2.11. The first kappa shape index (κ1) is 18.6. The third kappa shape index (κ3) is 4.64. The number of rotatable bonds is 3. The number of nitrogens with one attached hydrogen (secondary N) is 2. The van der Waals surface area contributed by atoms with Gasteiger partial charge in [-0.2, -0.15) is 0 Å². The highest BCUT2D eigenvalue weighted by molar-refractivity contribution is 5.66. The van der Waals surface area contributed by atoms with Crippen LogP contribution in [-0.4, -0.2) is 10.2 Å². The van der Waals surface area contributed by atoms with Crippen molar-refractivity contribution in [3.63, 3.8) is 0 Å². The fourth-order valence-electron chi connectivity index (χ4n) is 2.40. The van der Waals surface area contributed by atoms with Gasteiger partial charge in [0.05, 0.1) is 11.7 Å². The molecule has 1 unspecified atom stereocenters. The molecular weight excluding hydrogens is 319 g/mol. The summed E-state index contributed by atoms with van der Waals surface area (Å²) in [6.07, 6.45) is 5.01. The number of hydrazine groups is 1. The highest BCUT2D eigenvalue weighted by atomic mass is 19.1. The summed E-state index contributed by atoms with van der Waals surface area (Å²) in [7, 11) is 0. The van der Waals surface area contributed by atoms with E-state index in [4.69, 9.17) is 4.42 Å². The lowest BCUT2D eigenvalue weighted by Crippen LogP contribution is -2.19. The minimum atomic E-state index is -0.391. The van der Waals surface area contributed by atoms with Crippen molar-refractivity contribution in [2.24, 2.45) is 0 Å². The molecule has 2 heterocycles. The van der Waals surface area contributed by atoms with Crippen LogP contribution in [0.2, 0.25) is 0 Å². The predicted molar refractivity (Wildman–Crippen MR) is 98.5 cm³/mol. The molecule has 2 aromatic rings. The van der Waals surface area contributed by atoms with Gasteiger partial charge in [-0.05, 0) is 45.0 Å². The van der Waals surface area contributed by atoms with Gasteiger partial charge in [-0.25, -0.2) is 9.82 Å². The molecule has 5 nitrogen and oxygen atoms in total. The summed E-state index contributed by atoms with van der Waals surface area (Å²) in [5, 5.41) is 7.93. The third-order valence-corrected chi connectivity index (χ3v) is 3.74. The summed E-state index contributed by atoms with van der Waals surface area (Å²) in [6, 6.07) is 6.28. The fraction of sp³-hybridized carbons (Fsp3) is 0.263. The monoisotopic (exact) mass is 342 g/mol. The Bertz CT molecular complexity index is 808. The van der Waals surface area contributed by atoms with E-state index in [1.165, 1.54) is 17.2 Å². The van der Waals surface area contributed by atoms with Crippen LogP contribution in [0.1, 0.15) is 38.3 Å². The normalized spacial score (nSPS) is 16.2. The number of aryl methyl sites for hydroxylation is 1. The highest BCUT2D eigenvalue weighted by Crippen LogP contribution is 2.35. The van der Waals surface area contributed by atoms with Crippen molar-refractivity contribution < 1.29 is 8.81 Å². The van der Waals surface area contributed by atoms with E-state index in [9.17, 15) is 4.39 Å². The molecule has 0 aliphatic carbocycles. The molecule has 0 spiro atoms. The van der Waals surface area contributed by atoms with Crippen molar-refractivity contribution in [2.45, 2.75) is 33.7 Å². The molecule has 6 heteroatoms. The summed E-state index contributed by atoms with van der Waals surface area (Å²) < 4.78 is 16.9. The van der Waals surface area contributed by atoms with Crippen LogP contribution in [0.4, 0.5) is 10.1 Å². The Balaban J connectivity index is 0.000000326. The summed E-state index contributed by atoms with van der Waals surface area (Å²) in [5.41, 5.74) is 11.0. The Morgan fingerprint density at radius 1 is 1.32 bits per heavy atom. The molecule has 1 aliphatic heterocycles. The van der Waals surface area contributed by atoms with Gasteiger partial charge in [0.2, 0.25) is 11.8 Å². The number of anilines is 1. The Morgan fingerprint density at radius 3 is 2.60 bits per heavy atom. The second kappa shape index (κ2) is 8.39. The number of fused-ring (bicyclic) bond motifs is 1. The third-order valence-electron chi connectivity index (χ3n) is 3.74. The van der Waals surface area contributed by atoms with E-state index in [1.54, 1.807) is 19.9 Å². The largest absolute Gasteiger partial charge is 0.421 e. The van der Waals surface area contributed by atoms with Crippen molar-refractivity contribution >= 4 is 5.69 Å². The molecule has 0 amide bonds. The Hall–Kier alpha value is -2.73. The van der Waals surface area contributed by atoms with E-state index >= 15 is 0 Å². The highest BCUT2D eigenvalue weighted by Gasteiger charge is 2.23. The zero-order valence-electron chi connectivity index (χ0n) is 14.9. The molecule has 1 atom stereocenters. The number of hydrogen-bond donors (Lipinski definition) is 2. The first-order valence-corrected chi connectivity index (χ1v) is 8.02. The number of nitrogens with zero attached hydrogens (tertiary/aromatic N) is 2. The van der Waals surface area contributed by atoms with Crippen LogP contribution in [0.15, 0.2) is 58.8 Å². The Labute approximate surface area is 147 Å². The van der Waals surface area contributed by atoms with Gasteiger partial charge in [0.1, 0.15) is 5.83 Å². The molecule has 0 fully saturated rings. The van der Waals surface area contributed by atoms with Gasteiger partial charge in [0, 0.05) is 18.1 Å². The average molecular weight is 342 g/mol. The summed E-state index contributed by atoms with van der Waals surface area (Å²) in [4.78, 5) is 0. The van der Waals surface area contributed by atoms with E-state index in [1.807, 2.05) is 19.1 Å². The van der Waals surface area contributed by atoms with E-state index < -0.39 is 5.83 Å². The minimum Gasteiger partial charge on any atom is -0.421 e. The molecule has 2 N–H and O–H groups in total. The molecule has 1 aliphatic rings. The van der Waals surface area contributed by atoms with Gasteiger partial charge >= 0.3 is 0 Å². The van der Waals surface area contributed by atoms with Crippen molar-refractivity contribution in [3.05, 3.63) is 65.9 Å². The smallest absolute Gasteiger partial charge is 0.247 e. The van der Waals surface area contributed by atoms with E-state index in [0.717, 1.165) is 11.3 Å². The topological polar surface area (TPSA) is 63.0 Å². The maximum absolute atomic E-state index is 11.4. The standard InChI is InChI=1S/C14H16N4O.C5H7F/c1-4-8(2)13-11-7-10(5-6-12(11)16-17-13)14-18-15-9(3)19-14;1-3-4-5(2)6/h4-7,13,16-17H,1-3H3;3-4H,2H2,1H3/b8-4+;4-3-. The number of aromatic nitrogens is 2. The molecule has 1 aromatic carbocycles. The summed E-state index contributed by atoms with van der Waals surface area (Å²) in [6.45, 7) is 10.7. The van der Waals surface area contributed by atoms with Crippen LogP contribution in [0.5, 0.6) is 0 Å². The first-order chi connectivity index (χ1) is 12.0. The number of halogens is 1. The molecule has 132 valence electrons. The number of allylic oxidation sites excluding steroid dienone is 4. The Morgan fingerprint density at radius 2 is 2.08 bits per heavy atom. The van der Waals surface area contributed by atoms with Crippen LogP contribution in [0, 0.1) is 6.92 Å². The average Bonchev–Trinajstić information content (AvgIpc) is 3.20. The molecule has 3 rings (SSSR count). The summed E-state index contributed by atoms with van der Waals surface area (Å²) in [5.74, 6) is 0.745. The van der Waals surface area contributed by atoms with Crippen LogP contribution in [0.3, 0.4) is 0 Å². The van der Waals surface area contributed by atoms with Gasteiger partial charge in [0.15, 0.2) is 0 Å². The fourth-order valence-corrected chi connectivity index (χ4v) is 2.40. The van der Waals surface area contributed by atoms with Crippen LogP contribution < -0.4 is 10.9 Å². The zero-order valence-corrected chi connectivity index (χ0v) is 14.9. The van der Waals surface area contributed by atoms with E-state index in [0.29, 0.717) is 11.8 Å². The first-order valence-electron chi connectivity index (χ1n) is 8.02. The van der Waals surface area contributed by atoms with Gasteiger partial charge < -0.3 is 9.84 Å². The van der Waals surface area contributed by atoms with Crippen LogP contribution in [-0.2, 0) is 0 Å². The molecule has 1 aromatic heterocycles. The molecule has 0 bridgehead atoms. The van der Waals surface area contributed by atoms with E-state index in [-0.39, 0.29) is 6.04 Å². The molecule has 0 saturated carbocycles. The second-order valence-electron chi connectivity index (χ2n) is 5.61. The van der Waals surface area contributed by atoms with Gasteiger partial charge in [-0.15, -0.1) is 10.2 Å². The maximum atomic E-state index is 11.4. The zero-order chi connectivity index (χ0) is 18.4.